The fourth-order valence-corrected chi connectivity index (χ4v) is 3.56. The smallest absolute Gasteiger partial charge is 0.266 e. The third-order valence-electron chi connectivity index (χ3n) is 4.89. The number of imidazole rings is 1. The number of nitrogens with zero attached hydrogens (tertiary/aromatic N) is 4. The predicted octanol–water partition coefficient (Wildman–Crippen LogP) is 0.356. The molecule has 2 N–H and O–H groups in total. The van der Waals surface area contributed by atoms with Crippen molar-refractivity contribution in [3.63, 3.8) is 0 Å². The highest BCUT2D eigenvalue weighted by Crippen LogP contribution is 2.35. The molecule has 9 heteroatoms. The lowest BCUT2D eigenvalue weighted by molar-refractivity contribution is -0.138. The van der Waals surface area contributed by atoms with E-state index in [0.717, 1.165) is 5.56 Å². The summed E-state index contributed by atoms with van der Waals surface area (Å²) in [5.74, 6) is 1.44. The number of nitrogens with two attached hydrogens (primary N) is 1. The fraction of sp³-hybridized carbons (Fsp3) is 0.389. The number of aromatic nitrogens is 2. The molecule has 1 aromatic heterocycles. The number of amides is 2. The van der Waals surface area contributed by atoms with Gasteiger partial charge in [-0.15, -0.1) is 0 Å². The van der Waals surface area contributed by atoms with E-state index in [2.05, 4.69) is 4.98 Å². The molecule has 0 bridgehead atoms. The number of ether oxygens (including phenoxy) is 2. The van der Waals surface area contributed by atoms with Gasteiger partial charge in [0.25, 0.3) is 5.91 Å². The van der Waals surface area contributed by atoms with Gasteiger partial charge in [0.2, 0.25) is 12.7 Å². The van der Waals surface area contributed by atoms with Crippen LogP contribution in [0.1, 0.15) is 27.9 Å². The molecule has 142 valence electrons. The average Bonchev–Trinajstić information content (AvgIpc) is 3.27. The van der Waals surface area contributed by atoms with Crippen molar-refractivity contribution in [2.24, 2.45) is 5.73 Å². The molecule has 4 rings (SSSR count). The molecule has 2 aromatic rings. The number of hydrogen-bond donors (Lipinski definition) is 1. The molecule has 27 heavy (non-hydrogen) atoms. The number of carbonyl (C=O) groups is 2. The third kappa shape index (κ3) is 2.99. The van der Waals surface area contributed by atoms with E-state index in [0.29, 0.717) is 42.7 Å². The first-order valence-electron chi connectivity index (χ1n) is 8.64. The molecule has 0 spiro atoms. The van der Waals surface area contributed by atoms with Crippen molar-refractivity contribution in [3.05, 3.63) is 41.5 Å². The number of likely N-dealkylation sites (N-methyl/N-ethyl adjacent to an activating group) is 1. The van der Waals surface area contributed by atoms with Crippen molar-refractivity contribution in [3.8, 4) is 11.5 Å². The number of benzene rings is 1. The molecule has 2 aliphatic heterocycles. The Kier molecular flexibility index (Phi) is 4.23. The van der Waals surface area contributed by atoms with Crippen molar-refractivity contribution in [2.45, 2.75) is 19.1 Å². The van der Waals surface area contributed by atoms with Crippen molar-refractivity contribution in [2.75, 3.05) is 27.4 Å². The third-order valence-corrected chi connectivity index (χ3v) is 4.89. The molecule has 9 nitrogen and oxygen atoms in total. The van der Waals surface area contributed by atoms with E-state index < -0.39 is 11.9 Å². The minimum absolute atomic E-state index is 0.0336. The molecule has 2 amide bonds. The normalized spacial score (nSPS) is 16.3. The zero-order valence-electron chi connectivity index (χ0n) is 15.2. The standard InChI is InChI=1S/C18H21N5O4/c1-21(2)16(11-3-4-13-14(7-11)27-10-26-13)18(25)22-5-6-23-12(17(19)24)8-20-15(23)9-22/h3-4,7-8,16H,5-6,9-10H2,1-2H3,(H2,19,24)/t16-/m1/s1. The Morgan fingerprint density at radius 3 is 2.74 bits per heavy atom. The second-order valence-corrected chi connectivity index (χ2v) is 6.81. The largest absolute Gasteiger partial charge is 0.454 e. The van der Waals surface area contributed by atoms with Gasteiger partial charge < -0.3 is 24.7 Å². The van der Waals surface area contributed by atoms with Gasteiger partial charge in [0.15, 0.2) is 11.5 Å². The van der Waals surface area contributed by atoms with Crippen molar-refractivity contribution in [1.82, 2.24) is 19.4 Å². The van der Waals surface area contributed by atoms with Crippen LogP contribution < -0.4 is 15.2 Å². The molecule has 1 atom stereocenters. The zero-order valence-corrected chi connectivity index (χ0v) is 15.2. The van der Waals surface area contributed by atoms with Crippen LogP contribution in [0.3, 0.4) is 0 Å². The number of rotatable bonds is 4. The first-order valence-corrected chi connectivity index (χ1v) is 8.64. The molecule has 0 saturated carbocycles. The van der Waals surface area contributed by atoms with Crippen molar-refractivity contribution >= 4 is 11.8 Å². The maximum atomic E-state index is 13.3. The van der Waals surface area contributed by atoms with Crippen molar-refractivity contribution in [1.29, 1.82) is 0 Å². The maximum Gasteiger partial charge on any atom is 0.266 e. The molecule has 0 aliphatic carbocycles. The van der Waals surface area contributed by atoms with E-state index >= 15 is 0 Å². The van der Waals surface area contributed by atoms with E-state index in [1.807, 2.05) is 37.2 Å². The Labute approximate surface area is 156 Å². The Hall–Kier alpha value is -3.07. The van der Waals surface area contributed by atoms with Crippen LogP contribution in [0.4, 0.5) is 0 Å². The van der Waals surface area contributed by atoms with Crippen LogP contribution in [0.15, 0.2) is 24.4 Å². The summed E-state index contributed by atoms with van der Waals surface area (Å²) in [4.78, 5) is 32.6. The number of primary amides is 1. The van der Waals surface area contributed by atoms with E-state index in [9.17, 15) is 9.59 Å². The Balaban J connectivity index is 1.59. The van der Waals surface area contributed by atoms with Gasteiger partial charge in [-0.1, -0.05) is 6.07 Å². The van der Waals surface area contributed by atoms with Gasteiger partial charge in [0.1, 0.15) is 17.6 Å². The average molecular weight is 371 g/mol. The first-order chi connectivity index (χ1) is 13.0. The first kappa shape index (κ1) is 17.3. The second-order valence-electron chi connectivity index (χ2n) is 6.81. The molecule has 0 radical (unpaired) electrons. The molecule has 1 aromatic carbocycles. The zero-order chi connectivity index (χ0) is 19.1. The minimum Gasteiger partial charge on any atom is -0.454 e. The number of fused-ring (bicyclic) bond motifs is 2. The Bertz CT molecular complexity index is 907. The van der Waals surface area contributed by atoms with Gasteiger partial charge >= 0.3 is 0 Å². The maximum absolute atomic E-state index is 13.3. The van der Waals surface area contributed by atoms with Crippen LogP contribution in [0.25, 0.3) is 0 Å². The van der Waals surface area contributed by atoms with Crippen LogP contribution in [0, 0.1) is 0 Å². The topological polar surface area (TPSA) is 103 Å². The molecule has 0 unspecified atom stereocenters. The molecule has 0 fully saturated rings. The highest BCUT2D eigenvalue weighted by Gasteiger charge is 2.32. The lowest BCUT2D eigenvalue weighted by atomic mass is 10.0. The Morgan fingerprint density at radius 2 is 2.00 bits per heavy atom. The number of hydrogen-bond acceptors (Lipinski definition) is 6. The van der Waals surface area contributed by atoms with E-state index in [1.165, 1.54) is 6.20 Å². The molecule has 2 aliphatic rings. The fourth-order valence-electron chi connectivity index (χ4n) is 3.56. The van der Waals surface area contributed by atoms with E-state index in [4.69, 9.17) is 15.2 Å². The van der Waals surface area contributed by atoms with Crippen LogP contribution in [-0.4, -0.2) is 58.6 Å². The summed E-state index contributed by atoms with van der Waals surface area (Å²) < 4.78 is 12.6. The van der Waals surface area contributed by atoms with Gasteiger partial charge in [-0.3, -0.25) is 14.5 Å². The van der Waals surface area contributed by atoms with Crippen molar-refractivity contribution < 1.29 is 19.1 Å². The predicted molar refractivity (Wildman–Crippen MR) is 95.2 cm³/mol. The Morgan fingerprint density at radius 1 is 1.22 bits per heavy atom. The molecule has 0 saturated heterocycles. The summed E-state index contributed by atoms with van der Waals surface area (Å²) in [7, 11) is 3.73. The van der Waals surface area contributed by atoms with Gasteiger partial charge in [-0.2, -0.15) is 0 Å². The highest BCUT2D eigenvalue weighted by molar-refractivity contribution is 5.91. The lowest BCUT2D eigenvalue weighted by Gasteiger charge is -2.33. The number of carbonyl (C=O) groups excluding carboxylic acids is 2. The van der Waals surface area contributed by atoms with Crippen LogP contribution in [0.5, 0.6) is 11.5 Å². The summed E-state index contributed by atoms with van der Waals surface area (Å²) >= 11 is 0. The van der Waals surface area contributed by atoms with Crippen LogP contribution in [-0.2, 0) is 17.9 Å². The molecular formula is C18H21N5O4. The van der Waals surface area contributed by atoms with E-state index in [1.54, 1.807) is 9.47 Å². The summed E-state index contributed by atoms with van der Waals surface area (Å²) in [6.07, 6.45) is 1.47. The molecule has 3 heterocycles. The molecular weight excluding hydrogens is 350 g/mol. The van der Waals surface area contributed by atoms with Gasteiger partial charge in [-0.25, -0.2) is 4.98 Å². The quantitative estimate of drug-likeness (QED) is 0.832. The SMILES string of the molecule is CN(C)[C@@H](C(=O)N1CCn2c(C(N)=O)cnc2C1)c1ccc2c(c1)OCO2. The van der Waals surface area contributed by atoms with Gasteiger partial charge in [-0.05, 0) is 31.8 Å². The minimum atomic E-state index is -0.514. The van der Waals surface area contributed by atoms with Crippen LogP contribution >= 0.6 is 0 Å². The van der Waals surface area contributed by atoms with Gasteiger partial charge in [0.05, 0.1) is 12.7 Å². The summed E-state index contributed by atoms with van der Waals surface area (Å²) in [5.41, 5.74) is 6.58. The van der Waals surface area contributed by atoms with E-state index in [-0.39, 0.29) is 12.7 Å². The summed E-state index contributed by atoms with van der Waals surface area (Å²) in [6.45, 7) is 1.50. The lowest BCUT2D eigenvalue weighted by Crippen LogP contribution is -2.44. The van der Waals surface area contributed by atoms with Gasteiger partial charge in [0, 0.05) is 13.1 Å². The second kappa shape index (κ2) is 6.58. The van der Waals surface area contributed by atoms with Crippen LogP contribution in [0.2, 0.25) is 0 Å². The highest BCUT2D eigenvalue weighted by atomic mass is 16.7. The monoisotopic (exact) mass is 371 g/mol. The summed E-state index contributed by atoms with van der Waals surface area (Å²) in [6, 6.07) is 5.09. The summed E-state index contributed by atoms with van der Waals surface area (Å²) in [5, 5.41) is 0.